The summed E-state index contributed by atoms with van der Waals surface area (Å²) >= 11 is 0. The minimum absolute atomic E-state index is 0.0913. The minimum atomic E-state index is -4.94. The molecule has 2 aliphatic rings. The lowest BCUT2D eigenvalue weighted by molar-refractivity contribution is -0.274. The van der Waals surface area contributed by atoms with Gasteiger partial charge in [-0.2, -0.15) is 13.2 Å². The van der Waals surface area contributed by atoms with E-state index in [4.69, 9.17) is 0 Å². The Balaban J connectivity index is 1.52. The molecule has 4 nitrogen and oxygen atoms in total. The Kier molecular flexibility index (Phi) is 6.13. The lowest BCUT2D eigenvalue weighted by Gasteiger charge is -2.58. The minimum Gasteiger partial charge on any atom is -0.406 e. The molecule has 5 rings (SSSR count). The summed E-state index contributed by atoms with van der Waals surface area (Å²) in [7, 11) is 0. The molecule has 2 unspecified atom stereocenters. The van der Waals surface area contributed by atoms with Gasteiger partial charge in [-0.25, -0.2) is 8.78 Å². The van der Waals surface area contributed by atoms with E-state index in [-0.39, 0.29) is 35.5 Å². The van der Waals surface area contributed by atoms with Crippen molar-refractivity contribution in [3.05, 3.63) is 95.1 Å². The normalized spacial score (nSPS) is 19.9. The number of nitrogens with zero attached hydrogens (tertiary/aromatic N) is 1. The molecule has 0 radical (unpaired) electrons. The molecule has 0 aliphatic carbocycles. The van der Waals surface area contributed by atoms with E-state index < -0.39 is 53.2 Å². The molecule has 12 heteroatoms. The number of halogens is 8. The lowest BCUT2D eigenvalue weighted by atomic mass is 9.67. The molecule has 1 saturated heterocycles. The molecule has 2 atom stereocenters. The topological polar surface area (TPSA) is 41.6 Å². The molecular formula is C26H18F8N2O2. The van der Waals surface area contributed by atoms with Crippen molar-refractivity contribution >= 4 is 11.5 Å². The van der Waals surface area contributed by atoms with Gasteiger partial charge in [0.1, 0.15) is 23.4 Å². The number of carbonyl (C=O) groups excluding carboxylic acids is 1. The Morgan fingerprint density at radius 2 is 1.55 bits per heavy atom. The average molecular weight is 542 g/mol. The molecule has 1 N–H and O–H groups in total. The molecule has 2 heterocycles. The first kappa shape index (κ1) is 26.0. The number of Topliss-reactive ketones (excluding diaryl/α,β-unsaturated/α-hetero) is 1. The van der Waals surface area contributed by atoms with Gasteiger partial charge in [-0.3, -0.25) is 9.69 Å². The van der Waals surface area contributed by atoms with Gasteiger partial charge < -0.3 is 10.1 Å². The summed E-state index contributed by atoms with van der Waals surface area (Å²) in [5.41, 5.74) is -1.25. The summed E-state index contributed by atoms with van der Waals surface area (Å²) in [5, 5.41) is 3.03. The molecule has 0 amide bonds. The second kappa shape index (κ2) is 8.97. The number of hydrogen-bond donors (Lipinski definition) is 1. The van der Waals surface area contributed by atoms with Gasteiger partial charge in [-0.15, -0.1) is 13.2 Å². The van der Waals surface area contributed by atoms with Crippen molar-refractivity contribution in [2.75, 3.05) is 18.4 Å². The van der Waals surface area contributed by atoms with E-state index >= 15 is 0 Å². The van der Waals surface area contributed by atoms with Crippen LogP contribution < -0.4 is 10.1 Å². The number of alkyl halides is 6. The highest BCUT2D eigenvalue weighted by molar-refractivity contribution is 6.08. The van der Waals surface area contributed by atoms with Crippen molar-refractivity contribution < 1.29 is 44.7 Å². The quantitative estimate of drug-likeness (QED) is 0.377. The Morgan fingerprint density at radius 1 is 0.895 bits per heavy atom. The number of benzene rings is 3. The number of rotatable bonds is 4. The van der Waals surface area contributed by atoms with Crippen molar-refractivity contribution in [2.24, 2.45) is 0 Å². The van der Waals surface area contributed by atoms with Gasteiger partial charge in [0.05, 0.1) is 11.5 Å². The predicted octanol–water partition coefficient (Wildman–Crippen LogP) is 6.61. The first-order valence-corrected chi connectivity index (χ1v) is 11.3. The number of hydrogen-bond acceptors (Lipinski definition) is 4. The van der Waals surface area contributed by atoms with Gasteiger partial charge in [0.2, 0.25) is 0 Å². The molecule has 38 heavy (non-hydrogen) atoms. The maximum absolute atomic E-state index is 14.1. The van der Waals surface area contributed by atoms with Gasteiger partial charge in [0, 0.05) is 24.3 Å². The van der Waals surface area contributed by atoms with Crippen molar-refractivity contribution in [2.45, 2.75) is 30.0 Å². The summed E-state index contributed by atoms with van der Waals surface area (Å²) in [6, 6.07) is 9.76. The third kappa shape index (κ3) is 4.80. The van der Waals surface area contributed by atoms with E-state index in [9.17, 15) is 39.9 Å². The van der Waals surface area contributed by atoms with Crippen molar-refractivity contribution in [3.63, 3.8) is 0 Å². The van der Waals surface area contributed by atoms with E-state index in [1.807, 2.05) is 0 Å². The van der Waals surface area contributed by atoms with Gasteiger partial charge in [-0.1, -0.05) is 24.3 Å². The number of ether oxygens (including phenoxy) is 1. The van der Waals surface area contributed by atoms with Crippen LogP contribution in [0.25, 0.3) is 0 Å². The molecule has 2 aliphatic heterocycles. The van der Waals surface area contributed by atoms with E-state index in [0.717, 1.165) is 53.4 Å². The summed E-state index contributed by atoms with van der Waals surface area (Å²) < 4.78 is 112. The molecule has 200 valence electrons. The summed E-state index contributed by atoms with van der Waals surface area (Å²) in [6.45, 7) is -0.693. The molecule has 0 bridgehead atoms. The van der Waals surface area contributed by atoms with E-state index in [0.29, 0.717) is 0 Å². The molecular weight excluding hydrogens is 524 g/mol. The molecule has 0 aromatic heterocycles. The molecule has 0 saturated carbocycles. The van der Waals surface area contributed by atoms with Crippen LogP contribution in [0.3, 0.4) is 0 Å². The van der Waals surface area contributed by atoms with E-state index in [1.165, 1.54) is 18.2 Å². The maximum Gasteiger partial charge on any atom is 0.573 e. The Hall–Kier alpha value is -3.67. The fourth-order valence-corrected chi connectivity index (χ4v) is 5.32. The van der Waals surface area contributed by atoms with E-state index in [2.05, 4.69) is 10.1 Å². The summed E-state index contributed by atoms with van der Waals surface area (Å²) in [6.07, 6.45) is -9.73. The van der Waals surface area contributed by atoms with Gasteiger partial charge >= 0.3 is 12.5 Å². The van der Waals surface area contributed by atoms with Crippen LogP contribution in [0.15, 0.2) is 66.7 Å². The molecule has 3 aromatic rings. The third-order valence-corrected chi connectivity index (χ3v) is 6.70. The number of likely N-dealkylation sites (tertiary alicyclic amines) is 1. The number of fused-ring (bicyclic) bond motifs is 1. The fourth-order valence-electron chi connectivity index (χ4n) is 5.32. The van der Waals surface area contributed by atoms with E-state index in [1.54, 1.807) is 0 Å². The Bertz CT molecular complexity index is 1360. The van der Waals surface area contributed by atoms with Crippen LogP contribution >= 0.6 is 0 Å². The number of anilines is 1. The summed E-state index contributed by atoms with van der Waals surface area (Å²) in [5.74, 6) is -3.69. The highest BCUT2D eigenvalue weighted by Gasteiger charge is 2.60. The van der Waals surface area contributed by atoms with Crippen LogP contribution in [0.1, 0.15) is 33.4 Å². The highest BCUT2D eigenvalue weighted by atomic mass is 19.4. The predicted molar refractivity (Wildman–Crippen MR) is 120 cm³/mol. The average Bonchev–Trinajstić information content (AvgIpc) is 2.77. The first-order valence-electron chi connectivity index (χ1n) is 11.3. The summed E-state index contributed by atoms with van der Waals surface area (Å²) in [4.78, 5) is 14.6. The van der Waals surface area contributed by atoms with Crippen LogP contribution in [0.5, 0.6) is 5.75 Å². The van der Waals surface area contributed by atoms with Crippen LogP contribution in [0.4, 0.5) is 40.8 Å². The molecule has 3 aromatic carbocycles. The highest BCUT2D eigenvalue weighted by Crippen LogP contribution is 2.51. The second-order valence-electron chi connectivity index (χ2n) is 9.29. The van der Waals surface area contributed by atoms with Crippen LogP contribution in [-0.4, -0.2) is 41.9 Å². The monoisotopic (exact) mass is 542 g/mol. The Morgan fingerprint density at radius 3 is 2.16 bits per heavy atom. The number of nitrogens with one attached hydrogen (secondary N) is 1. The SMILES string of the molecule is O=C1c2ccc(F)cc2NC2(CN(C(c3cccc(F)c3)C(F)(F)F)C2)C1c1ccc(OC(F)(F)F)cc1. The standard InChI is InChI=1S/C26H18F8N2O2/c27-16-3-1-2-15(10-16)23(25(29,30)31)36-12-24(13-36)21(14-4-7-18(8-5-14)38-26(32,33)34)22(37)19-9-6-17(28)11-20(19)35-24/h1-11,21,23,35H,12-13H2. The van der Waals surface area contributed by atoms with Gasteiger partial charge in [0.15, 0.2) is 5.78 Å². The maximum atomic E-state index is 14.1. The number of ketones is 1. The lowest BCUT2D eigenvalue weighted by Crippen LogP contribution is -2.72. The molecule has 1 spiro atoms. The van der Waals surface area contributed by atoms with Crippen LogP contribution in [0, 0.1) is 11.6 Å². The first-order chi connectivity index (χ1) is 17.8. The van der Waals surface area contributed by atoms with Crippen LogP contribution in [-0.2, 0) is 0 Å². The Labute approximate surface area is 210 Å². The second-order valence-corrected chi connectivity index (χ2v) is 9.29. The van der Waals surface area contributed by atoms with Crippen molar-refractivity contribution in [1.82, 2.24) is 4.90 Å². The molecule has 1 fully saturated rings. The van der Waals surface area contributed by atoms with Gasteiger partial charge in [-0.05, 0) is 53.6 Å². The third-order valence-electron chi connectivity index (χ3n) is 6.70. The fraction of sp³-hybridized carbons (Fsp3) is 0.269. The van der Waals surface area contributed by atoms with Crippen molar-refractivity contribution in [3.8, 4) is 5.75 Å². The number of carbonyl (C=O) groups is 1. The van der Waals surface area contributed by atoms with Gasteiger partial charge in [0.25, 0.3) is 0 Å². The zero-order chi connectivity index (χ0) is 27.5. The zero-order valence-corrected chi connectivity index (χ0v) is 19.2. The van der Waals surface area contributed by atoms with Crippen molar-refractivity contribution in [1.29, 1.82) is 0 Å². The smallest absolute Gasteiger partial charge is 0.406 e. The van der Waals surface area contributed by atoms with Crippen LogP contribution in [0.2, 0.25) is 0 Å². The zero-order valence-electron chi connectivity index (χ0n) is 19.2. The largest absolute Gasteiger partial charge is 0.573 e.